The number of para-hydroxylation sites is 1. The van der Waals surface area contributed by atoms with Crippen molar-refractivity contribution in [1.29, 1.82) is 0 Å². The fraction of sp³-hybridized carbons (Fsp3) is 0.294. The first-order valence-corrected chi connectivity index (χ1v) is 9.78. The van der Waals surface area contributed by atoms with Crippen LogP contribution >= 0.6 is 15.9 Å². The Labute approximate surface area is 145 Å². The SMILES string of the molecule is Cc1cccc(S(=O)(=O)N2CCN(c3ccccc3Br)CC2)c1. The maximum atomic E-state index is 12.7. The van der Waals surface area contributed by atoms with Crippen molar-refractivity contribution in [3.8, 4) is 0 Å². The second kappa shape index (κ2) is 6.63. The molecule has 23 heavy (non-hydrogen) atoms. The predicted molar refractivity (Wildman–Crippen MR) is 96.3 cm³/mol. The van der Waals surface area contributed by atoms with Crippen molar-refractivity contribution in [2.75, 3.05) is 31.1 Å². The van der Waals surface area contributed by atoms with Gasteiger partial charge < -0.3 is 4.90 Å². The minimum Gasteiger partial charge on any atom is -0.368 e. The molecule has 122 valence electrons. The quantitative estimate of drug-likeness (QED) is 0.801. The number of rotatable bonds is 3. The highest BCUT2D eigenvalue weighted by molar-refractivity contribution is 9.10. The highest BCUT2D eigenvalue weighted by Gasteiger charge is 2.28. The Kier molecular flexibility index (Phi) is 4.75. The number of nitrogens with zero attached hydrogens (tertiary/aromatic N) is 2. The van der Waals surface area contributed by atoms with Gasteiger partial charge in [0.25, 0.3) is 0 Å². The van der Waals surface area contributed by atoms with Crippen LogP contribution in [0.25, 0.3) is 0 Å². The number of anilines is 1. The summed E-state index contributed by atoms with van der Waals surface area (Å²) in [5.41, 5.74) is 2.07. The molecule has 2 aromatic carbocycles. The molecule has 6 heteroatoms. The number of aryl methyl sites for hydroxylation is 1. The zero-order valence-corrected chi connectivity index (χ0v) is 15.3. The van der Waals surface area contributed by atoms with E-state index in [1.807, 2.05) is 31.2 Å². The second-order valence-corrected chi connectivity index (χ2v) is 8.45. The minimum absolute atomic E-state index is 0.381. The summed E-state index contributed by atoms with van der Waals surface area (Å²) >= 11 is 3.56. The summed E-state index contributed by atoms with van der Waals surface area (Å²) in [6.07, 6.45) is 0. The van der Waals surface area contributed by atoms with Crippen LogP contribution in [0, 0.1) is 6.92 Å². The average molecular weight is 395 g/mol. The Morgan fingerprint density at radius 3 is 2.30 bits per heavy atom. The number of benzene rings is 2. The lowest BCUT2D eigenvalue weighted by Gasteiger charge is -2.35. The van der Waals surface area contributed by atoms with E-state index in [9.17, 15) is 8.42 Å². The fourth-order valence-electron chi connectivity index (χ4n) is 2.80. The molecule has 2 aromatic rings. The largest absolute Gasteiger partial charge is 0.368 e. The maximum Gasteiger partial charge on any atom is 0.243 e. The van der Waals surface area contributed by atoms with Crippen LogP contribution < -0.4 is 4.90 Å². The van der Waals surface area contributed by atoms with Gasteiger partial charge in [-0.15, -0.1) is 0 Å². The molecule has 0 atom stereocenters. The van der Waals surface area contributed by atoms with Crippen molar-refractivity contribution in [1.82, 2.24) is 4.31 Å². The average Bonchev–Trinajstić information content (AvgIpc) is 2.55. The van der Waals surface area contributed by atoms with E-state index in [2.05, 4.69) is 26.9 Å². The van der Waals surface area contributed by atoms with Gasteiger partial charge in [0.2, 0.25) is 10.0 Å². The molecule has 0 bridgehead atoms. The summed E-state index contributed by atoms with van der Waals surface area (Å²) in [7, 11) is -3.41. The highest BCUT2D eigenvalue weighted by Crippen LogP contribution is 2.27. The van der Waals surface area contributed by atoms with Gasteiger partial charge in [0, 0.05) is 30.7 Å². The van der Waals surface area contributed by atoms with Crippen LogP contribution in [0.15, 0.2) is 57.9 Å². The highest BCUT2D eigenvalue weighted by atomic mass is 79.9. The predicted octanol–water partition coefficient (Wildman–Crippen LogP) is 3.27. The second-order valence-electron chi connectivity index (χ2n) is 5.66. The molecule has 0 spiro atoms. The van der Waals surface area contributed by atoms with Crippen molar-refractivity contribution in [2.24, 2.45) is 0 Å². The Balaban J connectivity index is 1.75. The van der Waals surface area contributed by atoms with Gasteiger partial charge in [-0.1, -0.05) is 24.3 Å². The molecule has 4 nitrogen and oxygen atoms in total. The third kappa shape index (κ3) is 3.44. The lowest BCUT2D eigenvalue weighted by Crippen LogP contribution is -2.48. The summed E-state index contributed by atoms with van der Waals surface area (Å²) in [6, 6.07) is 15.1. The van der Waals surface area contributed by atoms with Gasteiger partial charge in [0.1, 0.15) is 0 Å². The van der Waals surface area contributed by atoms with Crippen LogP contribution in [0.2, 0.25) is 0 Å². The van der Waals surface area contributed by atoms with Crippen LogP contribution in [-0.4, -0.2) is 38.9 Å². The monoisotopic (exact) mass is 394 g/mol. The lowest BCUT2D eigenvalue weighted by molar-refractivity contribution is 0.384. The normalized spacial score (nSPS) is 16.5. The Bertz CT molecular complexity index is 800. The van der Waals surface area contributed by atoms with Gasteiger partial charge in [-0.05, 0) is 52.7 Å². The van der Waals surface area contributed by atoms with Gasteiger partial charge in [0.05, 0.1) is 10.6 Å². The summed E-state index contributed by atoms with van der Waals surface area (Å²) in [5, 5.41) is 0. The van der Waals surface area contributed by atoms with Crippen molar-refractivity contribution in [3.05, 3.63) is 58.6 Å². The molecule has 0 aromatic heterocycles. The number of halogens is 1. The molecule has 0 N–H and O–H groups in total. The van der Waals surface area contributed by atoms with E-state index in [0.29, 0.717) is 31.1 Å². The van der Waals surface area contributed by atoms with Crippen LogP contribution in [0.1, 0.15) is 5.56 Å². The molecule has 1 aliphatic heterocycles. The summed E-state index contributed by atoms with van der Waals surface area (Å²) in [6.45, 7) is 4.28. The van der Waals surface area contributed by atoms with Gasteiger partial charge in [0.15, 0.2) is 0 Å². The fourth-order valence-corrected chi connectivity index (χ4v) is 4.87. The molecule has 1 saturated heterocycles. The topological polar surface area (TPSA) is 40.6 Å². The molecule has 0 unspecified atom stereocenters. The molecular formula is C17H19BrN2O2S. The van der Waals surface area contributed by atoms with Gasteiger partial charge in [-0.3, -0.25) is 0 Å². The van der Waals surface area contributed by atoms with Gasteiger partial charge in [-0.25, -0.2) is 8.42 Å². The van der Waals surface area contributed by atoms with E-state index in [0.717, 1.165) is 15.7 Å². The van der Waals surface area contributed by atoms with E-state index in [1.54, 1.807) is 22.5 Å². The lowest BCUT2D eigenvalue weighted by atomic mass is 10.2. The van der Waals surface area contributed by atoms with Gasteiger partial charge in [-0.2, -0.15) is 4.31 Å². The standard InChI is InChI=1S/C17H19BrN2O2S/c1-14-5-4-6-15(13-14)23(21,22)20-11-9-19(10-12-20)17-8-3-2-7-16(17)18/h2-8,13H,9-12H2,1H3. The zero-order valence-electron chi connectivity index (χ0n) is 12.9. The van der Waals surface area contributed by atoms with E-state index in [1.165, 1.54) is 0 Å². The molecule has 0 amide bonds. The molecular weight excluding hydrogens is 376 g/mol. The first-order valence-electron chi connectivity index (χ1n) is 7.55. The number of hydrogen-bond acceptors (Lipinski definition) is 3. The molecule has 3 rings (SSSR count). The van der Waals surface area contributed by atoms with Crippen LogP contribution in [0.3, 0.4) is 0 Å². The smallest absolute Gasteiger partial charge is 0.243 e. The maximum absolute atomic E-state index is 12.7. The number of sulfonamides is 1. The molecule has 1 fully saturated rings. The molecule has 0 saturated carbocycles. The number of hydrogen-bond donors (Lipinski definition) is 0. The summed E-state index contributed by atoms with van der Waals surface area (Å²) in [4.78, 5) is 2.60. The first kappa shape index (κ1) is 16.5. The Morgan fingerprint density at radius 1 is 0.957 bits per heavy atom. The first-order chi connectivity index (χ1) is 11.0. The van der Waals surface area contributed by atoms with Gasteiger partial charge >= 0.3 is 0 Å². The third-order valence-electron chi connectivity index (χ3n) is 4.06. The minimum atomic E-state index is -3.41. The van der Waals surface area contributed by atoms with Crippen LogP contribution in [0.5, 0.6) is 0 Å². The van der Waals surface area contributed by atoms with Crippen molar-refractivity contribution in [3.63, 3.8) is 0 Å². The third-order valence-corrected chi connectivity index (χ3v) is 6.62. The van der Waals surface area contributed by atoms with E-state index in [-0.39, 0.29) is 0 Å². The van der Waals surface area contributed by atoms with E-state index < -0.39 is 10.0 Å². The molecule has 0 aliphatic carbocycles. The van der Waals surface area contributed by atoms with E-state index in [4.69, 9.17) is 0 Å². The Morgan fingerprint density at radius 2 is 1.65 bits per heavy atom. The summed E-state index contributed by atoms with van der Waals surface area (Å²) in [5.74, 6) is 0. The molecule has 1 heterocycles. The van der Waals surface area contributed by atoms with Crippen LogP contribution in [-0.2, 0) is 10.0 Å². The van der Waals surface area contributed by atoms with Crippen molar-refractivity contribution >= 4 is 31.6 Å². The Hall–Kier alpha value is -1.37. The molecule has 0 radical (unpaired) electrons. The van der Waals surface area contributed by atoms with Crippen molar-refractivity contribution in [2.45, 2.75) is 11.8 Å². The van der Waals surface area contributed by atoms with E-state index >= 15 is 0 Å². The van der Waals surface area contributed by atoms with Crippen LogP contribution in [0.4, 0.5) is 5.69 Å². The zero-order chi connectivity index (χ0) is 16.4. The van der Waals surface area contributed by atoms with Crippen molar-refractivity contribution < 1.29 is 8.42 Å². The molecule has 1 aliphatic rings. The number of piperazine rings is 1. The summed E-state index contributed by atoms with van der Waals surface area (Å²) < 4.78 is 28.1.